The van der Waals surface area contributed by atoms with E-state index < -0.39 is 0 Å². The van der Waals surface area contributed by atoms with Crippen LogP contribution < -0.4 is 5.32 Å². The number of fused-ring (bicyclic) bond motifs is 1. The number of thiophene rings is 1. The first-order valence-electron chi connectivity index (χ1n) is 7.81. The Balaban J connectivity index is 1.70. The summed E-state index contributed by atoms with van der Waals surface area (Å²) >= 11 is 19.2. The Morgan fingerprint density at radius 2 is 1.96 bits per heavy atom. The van der Waals surface area contributed by atoms with Gasteiger partial charge in [-0.1, -0.05) is 35.3 Å². The number of halogens is 2. The largest absolute Gasteiger partial charge is 0.359 e. The molecule has 4 nitrogen and oxygen atoms in total. The van der Waals surface area contributed by atoms with Crippen LogP contribution in [0.2, 0.25) is 10.0 Å². The molecule has 0 atom stereocenters. The number of hydrogen-bond donors (Lipinski definition) is 1. The zero-order valence-corrected chi connectivity index (χ0v) is 16.6. The van der Waals surface area contributed by atoms with Crippen LogP contribution in [0, 0.1) is 0 Å². The fourth-order valence-electron chi connectivity index (χ4n) is 2.70. The molecule has 1 aliphatic rings. The van der Waals surface area contributed by atoms with Crippen molar-refractivity contribution in [3.8, 4) is 0 Å². The quantitative estimate of drug-likeness (QED) is 0.608. The zero-order chi connectivity index (χ0) is 18.0. The summed E-state index contributed by atoms with van der Waals surface area (Å²) in [4.78, 5) is 17.3. The van der Waals surface area contributed by atoms with Gasteiger partial charge in [0.2, 0.25) is 0 Å². The normalized spacial score (nSPS) is 14.6. The minimum absolute atomic E-state index is 0.0352. The van der Waals surface area contributed by atoms with E-state index in [4.69, 9.17) is 35.4 Å². The summed E-state index contributed by atoms with van der Waals surface area (Å²) in [7, 11) is 0. The Bertz CT molecular complexity index is 829. The van der Waals surface area contributed by atoms with Gasteiger partial charge in [0.1, 0.15) is 4.88 Å². The van der Waals surface area contributed by atoms with Gasteiger partial charge in [-0.25, -0.2) is 0 Å². The molecule has 1 aromatic carbocycles. The summed E-state index contributed by atoms with van der Waals surface area (Å²) < 4.78 is 0.925. The maximum absolute atomic E-state index is 12.9. The average molecular weight is 414 g/mol. The van der Waals surface area contributed by atoms with Crippen LogP contribution in [-0.4, -0.2) is 53.5 Å². The molecular weight excluding hydrogens is 397 g/mol. The van der Waals surface area contributed by atoms with Crippen LogP contribution >= 0.6 is 46.8 Å². The maximum atomic E-state index is 12.9. The van der Waals surface area contributed by atoms with Crippen LogP contribution in [0.5, 0.6) is 0 Å². The monoisotopic (exact) mass is 413 g/mol. The Hall–Kier alpha value is -1.34. The lowest BCUT2D eigenvalue weighted by Crippen LogP contribution is -2.53. The molecule has 25 heavy (non-hydrogen) atoms. The number of nitrogens with zero attached hydrogens (tertiary/aromatic N) is 2. The van der Waals surface area contributed by atoms with Crippen molar-refractivity contribution in [2.24, 2.45) is 0 Å². The van der Waals surface area contributed by atoms with Gasteiger partial charge in [-0.15, -0.1) is 17.9 Å². The van der Waals surface area contributed by atoms with E-state index in [1.54, 1.807) is 12.1 Å². The molecule has 0 spiro atoms. The third-order valence-electron chi connectivity index (χ3n) is 4.04. The van der Waals surface area contributed by atoms with E-state index in [9.17, 15) is 4.79 Å². The second kappa shape index (κ2) is 7.91. The van der Waals surface area contributed by atoms with Gasteiger partial charge in [-0.2, -0.15) is 0 Å². The van der Waals surface area contributed by atoms with E-state index >= 15 is 0 Å². The number of thiocarbonyl (C=S) groups is 1. The fourth-order valence-corrected chi connectivity index (χ4v) is 4.73. The summed E-state index contributed by atoms with van der Waals surface area (Å²) in [5, 5.41) is 5.82. The van der Waals surface area contributed by atoms with Crippen molar-refractivity contribution in [1.29, 1.82) is 0 Å². The third kappa shape index (κ3) is 3.92. The van der Waals surface area contributed by atoms with Crippen molar-refractivity contribution in [3.05, 3.63) is 45.8 Å². The molecule has 0 radical (unpaired) electrons. The second-order valence-corrected chi connectivity index (χ2v) is 7.89. The van der Waals surface area contributed by atoms with Crippen molar-refractivity contribution in [2.45, 2.75) is 0 Å². The first-order valence-corrected chi connectivity index (χ1v) is 9.80. The highest BCUT2D eigenvalue weighted by Crippen LogP contribution is 2.37. The van der Waals surface area contributed by atoms with E-state index in [0.717, 1.165) is 10.1 Å². The number of piperazine rings is 1. The summed E-state index contributed by atoms with van der Waals surface area (Å²) in [6.07, 6.45) is 1.77. The lowest BCUT2D eigenvalue weighted by atomic mass is 10.2. The molecule has 132 valence electrons. The highest BCUT2D eigenvalue weighted by atomic mass is 35.5. The number of nitrogens with one attached hydrogen (secondary N) is 1. The molecule has 2 heterocycles. The Morgan fingerprint density at radius 1 is 1.28 bits per heavy atom. The van der Waals surface area contributed by atoms with Crippen molar-refractivity contribution in [1.82, 2.24) is 15.1 Å². The third-order valence-corrected chi connectivity index (χ3v) is 6.32. The van der Waals surface area contributed by atoms with Crippen LogP contribution in [-0.2, 0) is 0 Å². The van der Waals surface area contributed by atoms with Gasteiger partial charge in [0.05, 0.1) is 5.02 Å². The van der Waals surface area contributed by atoms with E-state index in [1.165, 1.54) is 11.3 Å². The van der Waals surface area contributed by atoms with Crippen molar-refractivity contribution in [2.75, 3.05) is 32.7 Å². The molecule has 1 amide bonds. The highest BCUT2D eigenvalue weighted by Gasteiger charge is 2.26. The van der Waals surface area contributed by atoms with Gasteiger partial charge >= 0.3 is 0 Å². The van der Waals surface area contributed by atoms with Crippen LogP contribution in [0.4, 0.5) is 0 Å². The molecule has 8 heteroatoms. The second-order valence-electron chi connectivity index (χ2n) is 5.64. The van der Waals surface area contributed by atoms with Crippen LogP contribution in [0.15, 0.2) is 30.9 Å². The molecule has 1 N–H and O–H groups in total. The number of amides is 1. The van der Waals surface area contributed by atoms with Crippen molar-refractivity contribution >= 4 is 67.9 Å². The fraction of sp³-hybridized carbons (Fsp3) is 0.294. The standard InChI is InChI=1S/C17H17Cl2N3OS2/c1-2-5-20-17(24)22-8-6-21(7-9-22)16(23)15-14(19)12-4-3-11(18)10-13(12)25-15/h2-4,10H,1,5-9H2,(H,20,24). The molecule has 1 saturated heterocycles. The number of rotatable bonds is 3. The number of hydrogen-bond acceptors (Lipinski definition) is 3. The van der Waals surface area contributed by atoms with Crippen LogP contribution in [0.3, 0.4) is 0 Å². The van der Waals surface area contributed by atoms with Gasteiger partial charge in [-0.05, 0) is 24.4 Å². The minimum Gasteiger partial charge on any atom is -0.359 e. The van der Waals surface area contributed by atoms with Gasteiger partial charge in [-0.3, -0.25) is 4.79 Å². The van der Waals surface area contributed by atoms with Crippen LogP contribution in [0.1, 0.15) is 9.67 Å². The number of carbonyl (C=O) groups is 1. The van der Waals surface area contributed by atoms with E-state index in [2.05, 4.69) is 16.8 Å². The van der Waals surface area contributed by atoms with E-state index in [-0.39, 0.29) is 5.91 Å². The van der Waals surface area contributed by atoms with Gasteiger partial charge in [0.25, 0.3) is 5.91 Å². The van der Waals surface area contributed by atoms with Gasteiger partial charge in [0.15, 0.2) is 5.11 Å². The molecule has 0 aliphatic carbocycles. The lowest BCUT2D eigenvalue weighted by molar-refractivity contribution is 0.0696. The lowest BCUT2D eigenvalue weighted by Gasteiger charge is -2.36. The Kier molecular flexibility index (Phi) is 5.84. The van der Waals surface area contributed by atoms with E-state index in [1.807, 2.05) is 17.0 Å². The number of carbonyl (C=O) groups excluding carboxylic acids is 1. The first kappa shape index (κ1) is 18.5. The Labute approximate surface area is 166 Å². The summed E-state index contributed by atoms with van der Waals surface area (Å²) in [6.45, 7) is 6.92. The molecule has 1 fully saturated rings. The van der Waals surface area contributed by atoms with E-state index in [0.29, 0.717) is 52.8 Å². The predicted octanol–water partition coefficient (Wildman–Crippen LogP) is 4.03. The summed E-state index contributed by atoms with van der Waals surface area (Å²) in [5.41, 5.74) is 0. The molecule has 3 rings (SSSR count). The maximum Gasteiger partial charge on any atom is 0.265 e. The molecule has 0 bridgehead atoms. The smallest absolute Gasteiger partial charge is 0.265 e. The average Bonchev–Trinajstić information content (AvgIpc) is 2.95. The van der Waals surface area contributed by atoms with Gasteiger partial charge < -0.3 is 15.1 Å². The van der Waals surface area contributed by atoms with Crippen molar-refractivity contribution < 1.29 is 4.79 Å². The molecule has 2 aromatic rings. The SMILES string of the molecule is C=CCNC(=S)N1CCN(C(=O)c2sc3cc(Cl)ccc3c2Cl)CC1. The molecular formula is C17H17Cl2N3OS2. The summed E-state index contributed by atoms with van der Waals surface area (Å²) in [6, 6.07) is 5.48. The van der Waals surface area contributed by atoms with Crippen LogP contribution in [0.25, 0.3) is 10.1 Å². The minimum atomic E-state index is -0.0352. The molecule has 1 aliphatic heterocycles. The highest BCUT2D eigenvalue weighted by molar-refractivity contribution is 7.80. The zero-order valence-electron chi connectivity index (χ0n) is 13.4. The summed E-state index contributed by atoms with van der Waals surface area (Å²) in [5.74, 6) is -0.0352. The Morgan fingerprint density at radius 3 is 2.64 bits per heavy atom. The topological polar surface area (TPSA) is 35.6 Å². The molecule has 1 aromatic heterocycles. The first-order chi connectivity index (χ1) is 12.0. The van der Waals surface area contributed by atoms with Crippen molar-refractivity contribution in [3.63, 3.8) is 0 Å². The molecule has 0 unspecified atom stereocenters. The predicted molar refractivity (Wildman–Crippen MR) is 110 cm³/mol. The van der Waals surface area contributed by atoms with Gasteiger partial charge in [0, 0.05) is 47.8 Å². The molecule has 0 saturated carbocycles. The number of benzene rings is 1.